The Morgan fingerprint density at radius 2 is 2.29 bits per heavy atom. The largest absolute Gasteiger partial charge is 0.377 e. The Morgan fingerprint density at radius 3 is 2.94 bits per heavy atom. The maximum Gasteiger partial charge on any atom is 0.0726 e. The molecule has 1 N–H and O–H groups in total. The molecule has 2 saturated heterocycles. The highest BCUT2D eigenvalue weighted by atomic mass is 16.5. The first-order valence-corrected chi connectivity index (χ1v) is 7.37. The first kappa shape index (κ1) is 13.3. The lowest BCUT2D eigenvalue weighted by Gasteiger charge is -2.22. The molecule has 2 aliphatic heterocycles. The summed E-state index contributed by atoms with van der Waals surface area (Å²) < 4.78 is 5.70. The molecule has 0 spiro atoms. The zero-order valence-corrected chi connectivity index (χ0v) is 11.5. The summed E-state index contributed by atoms with van der Waals surface area (Å²) in [6.07, 6.45) is 5.67. The van der Waals surface area contributed by atoms with Gasteiger partial charge in [0, 0.05) is 32.3 Å². The molecular formula is C14H28N2O. The summed E-state index contributed by atoms with van der Waals surface area (Å²) in [4.78, 5) is 2.60. The van der Waals surface area contributed by atoms with E-state index in [0.717, 1.165) is 19.1 Å². The average molecular weight is 240 g/mol. The number of hydrogen-bond donors (Lipinski definition) is 1. The minimum Gasteiger partial charge on any atom is -0.377 e. The van der Waals surface area contributed by atoms with Gasteiger partial charge in [-0.2, -0.15) is 0 Å². The van der Waals surface area contributed by atoms with Crippen LogP contribution < -0.4 is 5.32 Å². The Kier molecular flexibility index (Phi) is 5.26. The van der Waals surface area contributed by atoms with Gasteiger partial charge in [-0.15, -0.1) is 0 Å². The van der Waals surface area contributed by atoms with Crippen LogP contribution in [0.4, 0.5) is 0 Å². The van der Waals surface area contributed by atoms with Gasteiger partial charge in [-0.1, -0.05) is 13.3 Å². The molecular weight excluding hydrogens is 212 g/mol. The average Bonchev–Trinajstić information content (AvgIpc) is 3.00. The van der Waals surface area contributed by atoms with E-state index in [1.54, 1.807) is 0 Å². The molecule has 0 aliphatic carbocycles. The second-order valence-electron chi connectivity index (χ2n) is 5.66. The van der Waals surface area contributed by atoms with Crippen molar-refractivity contribution in [3.8, 4) is 0 Å². The van der Waals surface area contributed by atoms with E-state index in [9.17, 15) is 0 Å². The lowest BCUT2D eigenvalue weighted by molar-refractivity contribution is 0.0829. The summed E-state index contributed by atoms with van der Waals surface area (Å²) in [6.45, 7) is 10.5. The van der Waals surface area contributed by atoms with Gasteiger partial charge in [-0.3, -0.25) is 0 Å². The molecule has 2 heterocycles. The SMILES string of the molecule is CCC1CCN(CCNC(C)C2CCCO2)C1. The molecule has 0 bridgehead atoms. The van der Waals surface area contributed by atoms with Crippen LogP contribution in [0.5, 0.6) is 0 Å². The van der Waals surface area contributed by atoms with Crippen molar-refractivity contribution in [2.75, 3.05) is 32.8 Å². The van der Waals surface area contributed by atoms with Gasteiger partial charge in [0.05, 0.1) is 6.10 Å². The van der Waals surface area contributed by atoms with Crippen molar-refractivity contribution in [3.63, 3.8) is 0 Å². The molecule has 0 aromatic rings. The zero-order chi connectivity index (χ0) is 12.1. The Morgan fingerprint density at radius 1 is 1.41 bits per heavy atom. The third-order valence-corrected chi connectivity index (χ3v) is 4.36. The predicted molar refractivity (Wildman–Crippen MR) is 71.3 cm³/mol. The van der Waals surface area contributed by atoms with Gasteiger partial charge in [0.1, 0.15) is 0 Å². The molecule has 3 heteroatoms. The third-order valence-electron chi connectivity index (χ3n) is 4.36. The highest BCUT2D eigenvalue weighted by Crippen LogP contribution is 2.18. The van der Waals surface area contributed by atoms with Crippen LogP contribution in [0.2, 0.25) is 0 Å². The van der Waals surface area contributed by atoms with Gasteiger partial charge in [0.2, 0.25) is 0 Å². The molecule has 0 saturated carbocycles. The maximum atomic E-state index is 5.70. The van der Waals surface area contributed by atoms with Crippen LogP contribution in [-0.4, -0.2) is 49.8 Å². The normalized spacial score (nSPS) is 32.1. The molecule has 0 aromatic heterocycles. The number of rotatable bonds is 6. The van der Waals surface area contributed by atoms with E-state index in [-0.39, 0.29) is 0 Å². The fourth-order valence-electron chi connectivity index (χ4n) is 3.03. The summed E-state index contributed by atoms with van der Waals surface area (Å²) >= 11 is 0. The van der Waals surface area contributed by atoms with Crippen molar-refractivity contribution in [3.05, 3.63) is 0 Å². The van der Waals surface area contributed by atoms with Crippen LogP contribution >= 0.6 is 0 Å². The molecule has 0 amide bonds. The fourth-order valence-corrected chi connectivity index (χ4v) is 3.03. The van der Waals surface area contributed by atoms with E-state index in [0.29, 0.717) is 12.1 Å². The quantitative estimate of drug-likeness (QED) is 0.767. The zero-order valence-electron chi connectivity index (χ0n) is 11.5. The van der Waals surface area contributed by atoms with E-state index in [4.69, 9.17) is 4.74 Å². The van der Waals surface area contributed by atoms with Gasteiger partial charge >= 0.3 is 0 Å². The molecule has 0 aromatic carbocycles. The highest BCUT2D eigenvalue weighted by molar-refractivity contribution is 4.79. The third kappa shape index (κ3) is 3.94. The minimum atomic E-state index is 0.456. The van der Waals surface area contributed by atoms with Crippen molar-refractivity contribution in [2.45, 2.75) is 51.7 Å². The monoisotopic (exact) mass is 240 g/mol. The molecule has 2 rings (SSSR count). The second-order valence-corrected chi connectivity index (χ2v) is 5.66. The number of ether oxygens (including phenoxy) is 1. The van der Waals surface area contributed by atoms with Crippen LogP contribution in [0.15, 0.2) is 0 Å². The Hall–Kier alpha value is -0.120. The summed E-state index contributed by atoms with van der Waals surface area (Å²) in [5.74, 6) is 0.950. The van der Waals surface area contributed by atoms with Gasteiger partial charge < -0.3 is 15.0 Å². The first-order chi connectivity index (χ1) is 8.29. The first-order valence-electron chi connectivity index (χ1n) is 7.37. The number of nitrogens with one attached hydrogen (secondary N) is 1. The lowest BCUT2D eigenvalue weighted by atomic mass is 10.1. The van der Waals surface area contributed by atoms with Gasteiger partial charge in [0.25, 0.3) is 0 Å². The minimum absolute atomic E-state index is 0.456. The highest BCUT2D eigenvalue weighted by Gasteiger charge is 2.23. The van der Waals surface area contributed by atoms with E-state index >= 15 is 0 Å². The fraction of sp³-hybridized carbons (Fsp3) is 1.00. The van der Waals surface area contributed by atoms with Crippen LogP contribution in [0, 0.1) is 5.92 Å². The summed E-state index contributed by atoms with van der Waals surface area (Å²) in [5, 5.41) is 3.62. The van der Waals surface area contributed by atoms with Crippen LogP contribution in [0.25, 0.3) is 0 Å². The summed E-state index contributed by atoms with van der Waals surface area (Å²) in [7, 11) is 0. The van der Waals surface area contributed by atoms with Crippen molar-refractivity contribution < 1.29 is 4.74 Å². The van der Waals surface area contributed by atoms with Crippen LogP contribution in [0.1, 0.15) is 39.5 Å². The van der Waals surface area contributed by atoms with E-state index in [1.807, 2.05) is 0 Å². The van der Waals surface area contributed by atoms with Gasteiger partial charge in [-0.25, -0.2) is 0 Å². The van der Waals surface area contributed by atoms with E-state index in [2.05, 4.69) is 24.1 Å². The Labute approximate surface area is 106 Å². The standard InChI is InChI=1S/C14H28N2O/c1-3-13-6-8-16(11-13)9-7-15-12(2)14-5-4-10-17-14/h12-15H,3-11H2,1-2H3. The molecule has 100 valence electrons. The van der Waals surface area contributed by atoms with Crippen molar-refractivity contribution >= 4 is 0 Å². The predicted octanol–water partition coefficient (Wildman–Crippen LogP) is 1.88. The molecule has 2 aliphatic rings. The molecule has 3 unspecified atom stereocenters. The van der Waals surface area contributed by atoms with E-state index in [1.165, 1.54) is 45.3 Å². The Bertz CT molecular complexity index is 216. The molecule has 2 fully saturated rings. The van der Waals surface area contributed by atoms with Crippen molar-refractivity contribution in [1.82, 2.24) is 10.2 Å². The molecule has 17 heavy (non-hydrogen) atoms. The number of likely N-dealkylation sites (tertiary alicyclic amines) is 1. The smallest absolute Gasteiger partial charge is 0.0726 e. The molecule has 0 radical (unpaired) electrons. The maximum absolute atomic E-state index is 5.70. The van der Waals surface area contributed by atoms with E-state index < -0.39 is 0 Å². The van der Waals surface area contributed by atoms with Crippen LogP contribution in [0.3, 0.4) is 0 Å². The topological polar surface area (TPSA) is 24.5 Å². The van der Waals surface area contributed by atoms with Crippen molar-refractivity contribution in [2.24, 2.45) is 5.92 Å². The molecule has 3 nitrogen and oxygen atoms in total. The second kappa shape index (κ2) is 6.72. The summed E-state index contributed by atoms with van der Waals surface area (Å²) in [6, 6.07) is 0.516. The lowest BCUT2D eigenvalue weighted by Crippen LogP contribution is -2.41. The molecule has 3 atom stereocenters. The van der Waals surface area contributed by atoms with Gasteiger partial charge in [-0.05, 0) is 38.6 Å². The van der Waals surface area contributed by atoms with Crippen LogP contribution in [-0.2, 0) is 4.74 Å². The van der Waals surface area contributed by atoms with Gasteiger partial charge in [0.15, 0.2) is 0 Å². The Balaban J connectivity index is 1.56. The number of hydrogen-bond acceptors (Lipinski definition) is 3. The number of nitrogens with zero attached hydrogens (tertiary/aromatic N) is 1. The summed E-state index contributed by atoms with van der Waals surface area (Å²) in [5.41, 5.74) is 0. The van der Waals surface area contributed by atoms with Crippen molar-refractivity contribution in [1.29, 1.82) is 0 Å².